The van der Waals surface area contributed by atoms with E-state index in [1.54, 1.807) is 7.11 Å². The number of rotatable bonds is 5. The molecule has 0 saturated carbocycles. The Hall–Kier alpha value is -2.25. The number of para-hydroxylation sites is 1. The number of anilines is 1. The van der Waals surface area contributed by atoms with Crippen molar-refractivity contribution in [1.82, 2.24) is 4.90 Å². The minimum Gasteiger partial charge on any atom is -0.385 e. The van der Waals surface area contributed by atoms with Crippen LogP contribution in [0, 0.1) is 17.8 Å². The van der Waals surface area contributed by atoms with Crippen molar-refractivity contribution in [3.8, 4) is 0 Å². The smallest absolute Gasteiger partial charge is 0.291 e. The van der Waals surface area contributed by atoms with Crippen molar-refractivity contribution in [1.29, 1.82) is 0 Å². The minimum atomic E-state index is -1.06. The highest BCUT2D eigenvalue weighted by Crippen LogP contribution is 2.49. The van der Waals surface area contributed by atoms with Gasteiger partial charge in [0.15, 0.2) is 0 Å². The third kappa shape index (κ3) is 2.38. The molecule has 2 saturated heterocycles. The minimum absolute atomic E-state index is 0.115. The van der Waals surface area contributed by atoms with E-state index in [4.69, 9.17) is 4.74 Å². The zero-order valence-electron chi connectivity index (χ0n) is 15.9. The molecule has 3 aliphatic rings. The highest BCUT2D eigenvalue weighted by Gasteiger charge is 2.74. The second-order valence-corrected chi connectivity index (χ2v) is 8.03. The number of nitrogens with zero attached hydrogens (tertiary/aromatic N) is 1. The Morgan fingerprint density at radius 2 is 1.96 bits per heavy atom. The molecule has 0 radical (unpaired) electrons. The normalized spacial score (nSPS) is 31.8. The Kier molecular flexibility index (Phi) is 4.31. The molecule has 144 valence electrons. The van der Waals surface area contributed by atoms with E-state index in [9.17, 15) is 14.4 Å². The summed E-state index contributed by atoms with van der Waals surface area (Å²) in [5, 5.41) is 4.92. The Morgan fingerprint density at radius 1 is 1.22 bits per heavy atom. The van der Waals surface area contributed by atoms with Crippen LogP contribution in [0.3, 0.4) is 0 Å². The number of carbonyl (C=O) groups excluding carboxylic acids is 3. The zero-order valence-corrected chi connectivity index (χ0v) is 15.9. The molecule has 0 aliphatic carbocycles. The molecule has 7 nitrogen and oxygen atoms in total. The molecule has 3 N–H and O–H groups in total. The molecule has 4 rings (SSSR count). The van der Waals surface area contributed by atoms with Gasteiger partial charge in [0.2, 0.25) is 17.4 Å². The van der Waals surface area contributed by atoms with Crippen LogP contribution in [0.15, 0.2) is 24.3 Å². The summed E-state index contributed by atoms with van der Waals surface area (Å²) < 4.78 is 5.06. The summed E-state index contributed by atoms with van der Waals surface area (Å²) in [6.45, 7) is 4.91. The molecule has 3 heterocycles. The SMILES string of the molecule is COCCCN1C(=O)[C@@H]2[C@@H](C(C)C)[NH2+][C@]3(C(=O)Nc4ccccc43)[C@@H]2C1=O. The van der Waals surface area contributed by atoms with Crippen molar-refractivity contribution < 1.29 is 24.4 Å². The summed E-state index contributed by atoms with van der Waals surface area (Å²) in [5.74, 6) is -1.55. The summed E-state index contributed by atoms with van der Waals surface area (Å²) >= 11 is 0. The maximum atomic E-state index is 13.3. The number of carbonyl (C=O) groups is 3. The molecule has 1 aromatic rings. The van der Waals surface area contributed by atoms with Crippen LogP contribution in [0.4, 0.5) is 5.69 Å². The number of nitrogens with one attached hydrogen (secondary N) is 1. The summed E-state index contributed by atoms with van der Waals surface area (Å²) in [6, 6.07) is 7.38. The molecular weight excluding hydrogens is 346 g/mol. The largest absolute Gasteiger partial charge is 0.385 e. The second kappa shape index (κ2) is 6.42. The molecule has 3 amide bonds. The predicted molar refractivity (Wildman–Crippen MR) is 97.5 cm³/mol. The number of quaternary nitrogens is 1. The standard InChI is InChI=1S/C20H25N3O4/c1-11(2)16-14-15(18(25)23(17(14)24)9-6-10-27-3)20(22-16)12-7-4-5-8-13(12)21-19(20)26/h4-5,7-8,11,14-16,22H,6,9-10H2,1-3H3,(H,21,26)/p+1/t14-,15-,16+,20-/m0/s1. The fourth-order valence-corrected chi connectivity index (χ4v) is 5.10. The quantitative estimate of drug-likeness (QED) is 0.565. The highest BCUT2D eigenvalue weighted by molar-refractivity contribution is 6.13. The molecule has 27 heavy (non-hydrogen) atoms. The van der Waals surface area contributed by atoms with Crippen molar-refractivity contribution in [3.05, 3.63) is 29.8 Å². The summed E-state index contributed by atoms with van der Waals surface area (Å²) in [6.07, 6.45) is 0.596. The number of hydrogen-bond acceptors (Lipinski definition) is 4. The Bertz CT molecular complexity index is 808. The fraction of sp³-hybridized carbons (Fsp3) is 0.550. The van der Waals surface area contributed by atoms with Gasteiger partial charge < -0.3 is 15.4 Å². The molecule has 4 atom stereocenters. The van der Waals surface area contributed by atoms with Gasteiger partial charge in [-0.15, -0.1) is 0 Å². The van der Waals surface area contributed by atoms with E-state index in [0.717, 1.165) is 11.3 Å². The lowest BCUT2D eigenvalue weighted by atomic mass is 9.76. The first-order valence-corrected chi connectivity index (χ1v) is 9.54. The molecule has 1 spiro atoms. The van der Waals surface area contributed by atoms with E-state index < -0.39 is 17.4 Å². The topological polar surface area (TPSA) is 92.3 Å². The molecule has 2 fully saturated rings. The number of imide groups is 1. The van der Waals surface area contributed by atoms with Crippen molar-refractivity contribution >= 4 is 23.4 Å². The lowest BCUT2D eigenvalue weighted by Crippen LogP contribution is -2.99. The van der Waals surface area contributed by atoms with E-state index in [1.165, 1.54) is 4.90 Å². The van der Waals surface area contributed by atoms with Gasteiger partial charge in [0.1, 0.15) is 17.9 Å². The lowest BCUT2D eigenvalue weighted by Gasteiger charge is -2.27. The zero-order chi connectivity index (χ0) is 19.3. The molecule has 3 aliphatic heterocycles. The van der Waals surface area contributed by atoms with E-state index in [-0.39, 0.29) is 29.7 Å². The maximum Gasteiger partial charge on any atom is 0.291 e. The van der Waals surface area contributed by atoms with Crippen molar-refractivity contribution in [2.24, 2.45) is 17.8 Å². The van der Waals surface area contributed by atoms with Gasteiger partial charge >= 0.3 is 0 Å². The van der Waals surface area contributed by atoms with Crippen molar-refractivity contribution in [3.63, 3.8) is 0 Å². The van der Waals surface area contributed by atoms with Gasteiger partial charge in [-0.05, 0) is 12.5 Å². The molecule has 0 aromatic heterocycles. The van der Waals surface area contributed by atoms with E-state index in [2.05, 4.69) is 5.32 Å². The predicted octanol–water partition coefficient (Wildman–Crippen LogP) is 0.0733. The maximum absolute atomic E-state index is 13.3. The molecular formula is C20H26N3O4+. The molecule has 0 unspecified atom stereocenters. The van der Waals surface area contributed by atoms with Crippen LogP contribution in [0.5, 0.6) is 0 Å². The fourth-order valence-electron chi connectivity index (χ4n) is 5.10. The number of nitrogens with two attached hydrogens (primary N) is 1. The Balaban J connectivity index is 1.79. The number of amides is 3. The monoisotopic (exact) mass is 372 g/mol. The van der Waals surface area contributed by atoms with E-state index in [0.29, 0.717) is 19.6 Å². The number of hydrogen-bond donors (Lipinski definition) is 2. The van der Waals surface area contributed by atoms with Crippen molar-refractivity contribution in [2.45, 2.75) is 31.8 Å². The first-order chi connectivity index (χ1) is 12.9. The van der Waals surface area contributed by atoms with Crippen LogP contribution in [0.1, 0.15) is 25.8 Å². The number of benzene rings is 1. The van der Waals surface area contributed by atoms with Crippen LogP contribution < -0.4 is 10.6 Å². The highest BCUT2D eigenvalue weighted by atomic mass is 16.5. The molecule has 7 heteroatoms. The van der Waals surface area contributed by atoms with Crippen LogP contribution in [0.25, 0.3) is 0 Å². The molecule has 0 bridgehead atoms. The van der Waals surface area contributed by atoms with Crippen LogP contribution in [0.2, 0.25) is 0 Å². The summed E-state index contributed by atoms with van der Waals surface area (Å²) in [5.41, 5.74) is 0.493. The van der Waals surface area contributed by atoms with Crippen molar-refractivity contribution in [2.75, 3.05) is 25.6 Å². The summed E-state index contributed by atoms with van der Waals surface area (Å²) in [4.78, 5) is 41.0. The van der Waals surface area contributed by atoms with Gasteiger partial charge in [0, 0.05) is 31.7 Å². The second-order valence-electron chi connectivity index (χ2n) is 8.03. The van der Waals surface area contributed by atoms with Crippen LogP contribution >= 0.6 is 0 Å². The van der Waals surface area contributed by atoms with E-state index in [1.807, 2.05) is 43.4 Å². The Labute approximate surface area is 158 Å². The molecule has 1 aromatic carbocycles. The number of ether oxygens (including phenoxy) is 1. The summed E-state index contributed by atoms with van der Waals surface area (Å²) in [7, 11) is 1.60. The van der Waals surface area contributed by atoms with Gasteiger partial charge in [-0.2, -0.15) is 0 Å². The average molecular weight is 372 g/mol. The first kappa shape index (κ1) is 18.1. The number of methoxy groups -OCH3 is 1. The van der Waals surface area contributed by atoms with Crippen LogP contribution in [-0.2, 0) is 24.7 Å². The van der Waals surface area contributed by atoms with Crippen LogP contribution in [-0.4, -0.2) is 48.9 Å². The van der Waals surface area contributed by atoms with Gasteiger partial charge in [0.05, 0.1) is 5.69 Å². The third-order valence-corrected chi connectivity index (χ3v) is 6.30. The first-order valence-electron chi connectivity index (χ1n) is 9.54. The van der Waals surface area contributed by atoms with Gasteiger partial charge in [-0.25, -0.2) is 0 Å². The number of likely N-dealkylation sites (tertiary alicyclic amines) is 1. The van der Waals surface area contributed by atoms with E-state index >= 15 is 0 Å². The van der Waals surface area contributed by atoms with Gasteiger partial charge in [-0.3, -0.25) is 19.3 Å². The Morgan fingerprint density at radius 3 is 2.67 bits per heavy atom. The third-order valence-electron chi connectivity index (χ3n) is 6.30. The van der Waals surface area contributed by atoms with Gasteiger partial charge in [-0.1, -0.05) is 32.0 Å². The average Bonchev–Trinajstić information content (AvgIpc) is 3.22. The lowest BCUT2D eigenvalue weighted by molar-refractivity contribution is -0.738. The number of fused-ring (bicyclic) bond motifs is 4. The van der Waals surface area contributed by atoms with Gasteiger partial charge in [0.25, 0.3) is 5.91 Å².